The van der Waals surface area contributed by atoms with Crippen molar-refractivity contribution in [1.82, 2.24) is 10.2 Å². The predicted molar refractivity (Wildman–Crippen MR) is 85.6 cm³/mol. The number of nitrogens with zero attached hydrogens (tertiary/aromatic N) is 1. The van der Waals surface area contributed by atoms with Crippen molar-refractivity contribution in [3.05, 3.63) is 0 Å². The molecule has 5 nitrogen and oxygen atoms in total. The lowest BCUT2D eigenvalue weighted by molar-refractivity contribution is -0.143. The number of hydrogen-bond donors (Lipinski definition) is 2. The van der Waals surface area contributed by atoms with Gasteiger partial charge >= 0.3 is 5.97 Å². The lowest BCUT2D eigenvalue weighted by atomic mass is 9.86. The van der Waals surface area contributed by atoms with Gasteiger partial charge in [-0.05, 0) is 44.7 Å². The Morgan fingerprint density at radius 1 is 1.05 bits per heavy atom. The average Bonchev–Trinajstić information content (AvgIpc) is 2.53. The molecule has 1 aliphatic heterocycles. The minimum Gasteiger partial charge on any atom is -0.481 e. The number of aliphatic carboxylic acids is 1. The number of carbonyl (C=O) groups excluding carboxylic acids is 1. The summed E-state index contributed by atoms with van der Waals surface area (Å²) in [6, 6.07) is 0. The van der Waals surface area contributed by atoms with Crippen LogP contribution < -0.4 is 5.32 Å². The summed E-state index contributed by atoms with van der Waals surface area (Å²) in [5, 5.41) is 12.0. The summed E-state index contributed by atoms with van der Waals surface area (Å²) < 4.78 is 0. The fraction of sp³-hybridized carbons (Fsp3) is 0.882. The van der Waals surface area contributed by atoms with E-state index in [-0.39, 0.29) is 11.8 Å². The third kappa shape index (κ3) is 5.95. The highest BCUT2D eigenvalue weighted by Crippen LogP contribution is 2.26. The molecule has 0 bridgehead atoms. The third-order valence-electron chi connectivity index (χ3n) is 5.14. The number of nitrogens with one attached hydrogen (secondary N) is 1. The van der Waals surface area contributed by atoms with E-state index in [1.165, 1.54) is 38.5 Å². The van der Waals surface area contributed by atoms with Crippen LogP contribution in [0.1, 0.15) is 57.8 Å². The smallest absolute Gasteiger partial charge is 0.306 e. The molecule has 1 amide bonds. The lowest BCUT2D eigenvalue weighted by Crippen LogP contribution is -2.42. The topological polar surface area (TPSA) is 69.6 Å². The zero-order valence-electron chi connectivity index (χ0n) is 13.6. The van der Waals surface area contributed by atoms with Gasteiger partial charge in [0.25, 0.3) is 0 Å². The first-order chi connectivity index (χ1) is 10.6. The first kappa shape index (κ1) is 17.3. The van der Waals surface area contributed by atoms with Crippen LogP contribution in [0, 0.1) is 11.8 Å². The van der Waals surface area contributed by atoms with Crippen LogP contribution in [0.4, 0.5) is 0 Å². The van der Waals surface area contributed by atoms with Crippen molar-refractivity contribution in [1.29, 1.82) is 0 Å². The van der Waals surface area contributed by atoms with E-state index < -0.39 is 5.97 Å². The monoisotopic (exact) mass is 310 g/mol. The van der Waals surface area contributed by atoms with Gasteiger partial charge in [-0.25, -0.2) is 0 Å². The number of rotatable bonds is 7. The molecule has 2 fully saturated rings. The number of carboxylic acids is 1. The van der Waals surface area contributed by atoms with Crippen LogP contribution in [-0.4, -0.2) is 48.1 Å². The molecule has 1 heterocycles. The zero-order valence-corrected chi connectivity index (χ0v) is 13.6. The Labute approximate surface area is 133 Å². The van der Waals surface area contributed by atoms with E-state index in [9.17, 15) is 9.59 Å². The van der Waals surface area contributed by atoms with Crippen LogP contribution in [0.5, 0.6) is 0 Å². The number of carboxylic acid groups (broad SMARTS) is 1. The number of amides is 1. The Kier molecular flexibility index (Phi) is 7.16. The summed E-state index contributed by atoms with van der Waals surface area (Å²) in [6.45, 7) is 2.62. The molecule has 0 radical (unpaired) electrons. The van der Waals surface area contributed by atoms with E-state index >= 15 is 0 Å². The molecule has 2 rings (SSSR count). The normalized spacial score (nSPS) is 21.6. The van der Waals surface area contributed by atoms with Crippen molar-refractivity contribution < 1.29 is 14.7 Å². The SMILES string of the molecule is O=C(CN1CCC(C(=O)O)CC1)NCCCC1CCCCC1. The van der Waals surface area contributed by atoms with Crippen molar-refractivity contribution in [2.75, 3.05) is 26.2 Å². The molecule has 126 valence electrons. The van der Waals surface area contributed by atoms with Crippen molar-refractivity contribution >= 4 is 11.9 Å². The standard InChI is InChI=1S/C17H30N2O3/c20-16(13-19-11-8-15(9-12-19)17(21)22)18-10-4-7-14-5-2-1-3-6-14/h14-15H,1-13H2,(H,18,20)(H,21,22). The molecule has 2 N–H and O–H groups in total. The lowest BCUT2D eigenvalue weighted by Gasteiger charge is -2.29. The Hall–Kier alpha value is -1.10. The second kappa shape index (κ2) is 9.13. The van der Waals surface area contributed by atoms with E-state index in [2.05, 4.69) is 10.2 Å². The maximum absolute atomic E-state index is 11.9. The summed E-state index contributed by atoms with van der Waals surface area (Å²) in [4.78, 5) is 24.9. The zero-order chi connectivity index (χ0) is 15.8. The van der Waals surface area contributed by atoms with E-state index in [1.54, 1.807) is 0 Å². The molecule has 2 aliphatic rings. The fourth-order valence-corrected chi connectivity index (χ4v) is 3.69. The van der Waals surface area contributed by atoms with E-state index in [0.29, 0.717) is 32.5 Å². The largest absolute Gasteiger partial charge is 0.481 e. The molecule has 0 aromatic heterocycles. The summed E-state index contributed by atoms with van der Waals surface area (Å²) in [5.41, 5.74) is 0. The minimum atomic E-state index is -0.702. The summed E-state index contributed by atoms with van der Waals surface area (Å²) >= 11 is 0. The molecule has 0 atom stereocenters. The molecule has 1 aliphatic carbocycles. The summed E-state index contributed by atoms with van der Waals surface area (Å²) in [5.74, 6) is 0.0275. The van der Waals surface area contributed by atoms with Crippen LogP contribution in [0.2, 0.25) is 0 Å². The number of piperidine rings is 1. The van der Waals surface area contributed by atoms with Crippen LogP contribution in [0.3, 0.4) is 0 Å². The van der Waals surface area contributed by atoms with Crippen molar-refractivity contribution in [3.8, 4) is 0 Å². The van der Waals surface area contributed by atoms with Crippen molar-refractivity contribution in [2.45, 2.75) is 57.8 Å². The van der Waals surface area contributed by atoms with Gasteiger partial charge < -0.3 is 10.4 Å². The highest BCUT2D eigenvalue weighted by atomic mass is 16.4. The fourth-order valence-electron chi connectivity index (χ4n) is 3.69. The van der Waals surface area contributed by atoms with Gasteiger partial charge in [-0.15, -0.1) is 0 Å². The Morgan fingerprint density at radius 3 is 2.36 bits per heavy atom. The van der Waals surface area contributed by atoms with Gasteiger partial charge in [0.15, 0.2) is 0 Å². The highest BCUT2D eigenvalue weighted by Gasteiger charge is 2.25. The molecule has 22 heavy (non-hydrogen) atoms. The second-order valence-corrected chi connectivity index (χ2v) is 6.88. The van der Waals surface area contributed by atoms with Crippen LogP contribution >= 0.6 is 0 Å². The van der Waals surface area contributed by atoms with E-state index in [4.69, 9.17) is 5.11 Å². The van der Waals surface area contributed by atoms with Gasteiger partial charge in [0.05, 0.1) is 12.5 Å². The molecule has 0 unspecified atom stereocenters. The first-order valence-corrected chi connectivity index (χ1v) is 8.87. The Bertz CT molecular complexity index is 359. The maximum Gasteiger partial charge on any atom is 0.306 e. The molecule has 0 aromatic rings. The Balaban J connectivity index is 1.52. The molecular weight excluding hydrogens is 280 g/mol. The first-order valence-electron chi connectivity index (χ1n) is 8.87. The average molecular weight is 310 g/mol. The van der Waals surface area contributed by atoms with Gasteiger partial charge in [-0.1, -0.05) is 32.1 Å². The van der Waals surface area contributed by atoms with Crippen LogP contribution in [-0.2, 0) is 9.59 Å². The second-order valence-electron chi connectivity index (χ2n) is 6.88. The van der Waals surface area contributed by atoms with Gasteiger partial charge in [-0.2, -0.15) is 0 Å². The molecule has 0 aromatic carbocycles. The van der Waals surface area contributed by atoms with Gasteiger partial charge in [0.1, 0.15) is 0 Å². The Morgan fingerprint density at radius 2 is 1.73 bits per heavy atom. The third-order valence-corrected chi connectivity index (χ3v) is 5.14. The predicted octanol–water partition coefficient (Wildman–Crippen LogP) is 2.26. The van der Waals surface area contributed by atoms with Crippen LogP contribution in [0.15, 0.2) is 0 Å². The molecular formula is C17H30N2O3. The molecule has 1 saturated carbocycles. The van der Waals surface area contributed by atoms with E-state index in [1.807, 2.05) is 0 Å². The van der Waals surface area contributed by atoms with Gasteiger partial charge in [0.2, 0.25) is 5.91 Å². The van der Waals surface area contributed by atoms with Gasteiger partial charge in [0, 0.05) is 6.54 Å². The van der Waals surface area contributed by atoms with Crippen LogP contribution in [0.25, 0.3) is 0 Å². The summed E-state index contributed by atoms with van der Waals surface area (Å²) in [6.07, 6.45) is 10.5. The summed E-state index contributed by atoms with van der Waals surface area (Å²) in [7, 11) is 0. The van der Waals surface area contributed by atoms with Crippen molar-refractivity contribution in [2.24, 2.45) is 11.8 Å². The highest BCUT2D eigenvalue weighted by molar-refractivity contribution is 5.78. The van der Waals surface area contributed by atoms with Crippen molar-refractivity contribution in [3.63, 3.8) is 0 Å². The van der Waals surface area contributed by atoms with E-state index in [0.717, 1.165) is 18.9 Å². The van der Waals surface area contributed by atoms with Gasteiger partial charge in [-0.3, -0.25) is 14.5 Å². The number of hydrogen-bond acceptors (Lipinski definition) is 3. The number of carbonyl (C=O) groups is 2. The quantitative estimate of drug-likeness (QED) is 0.708. The minimum absolute atomic E-state index is 0.0809. The molecule has 1 saturated heterocycles. The maximum atomic E-state index is 11.9. The number of likely N-dealkylation sites (tertiary alicyclic amines) is 1. The molecule has 0 spiro atoms. The molecule has 5 heteroatoms.